The number of hydrogen-bond donors (Lipinski definition) is 1. The number of hydrogen-bond acceptors (Lipinski definition) is 4. The average molecular weight is 505 g/mol. The van der Waals surface area contributed by atoms with Crippen molar-refractivity contribution < 1.29 is 22.7 Å². The first-order valence-corrected chi connectivity index (χ1v) is 12.2. The van der Waals surface area contributed by atoms with Crippen LogP contribution in [-0.4, -0.2) is 49.3 Å². The van der Waals surface area contributed by atoms with E-state index in [0.29, 0.717) is 43.8 Å². The number of halogens is 4. The first-order chi connectivity index (χ1) is 16.6. The number of likely N-dealkylation sites (tertiary alicyclic amines) is 1. The van der Waals surface area contributed by atoms with Crippen LogP contribution in [0, 0.1) is 5.92 Å². The molecule has 1 saturated heterocycles. The number of anilines is 1. The number of nitrogens with zero attached hydrogens (tertiary/aromatic N) is 1. The Hall–Kier alpha value is -2.51. The lowest BCUT2D eigenvalue weighted by Crippen LogP contribution is -2.56. The summed E-state index contributed by atoms with van der Waals surface area (Å²) in [4.78, 5) is 14.5. The normalized spacial score (nSPS) is 26.7. The Balaban J connectivity index is 1.41. The number of nitrogens with one attached hydrogen (secondary N) is 1. The molecule has 8 heteroatoms. The summed E-state index contributed by atoms with van der Waals surface area (Å²) in [6, 6.07) is 15.5. The smallest absolute Gasteiger partial charge is 0.401 e. The van der Waals surface area contributed by atoms with Gasteiger partial charge in [-0.2, -0.15) is 13.2 Å². The number of esters is 1. The maximum Gasteiger partial charge on any atom is 0.401 e. The SMILES string of the molecule is COC(=O)C1(Nc2cccc(Cl)c2)CCC2(CC1)C(C1CN(CC(F)(F)F)C1)=Cc1ccccc12. The molecule has 1 aliphatic heterocycles. The summed E-state index contributed by atoms with van der Waals surface area (Å²) in [6.45, 7) is -0.0558. The number of benzene rings is 2. The molecule has 2 aromatic rings. The molecule has 1 saturated carbocycles. The van der Waals surface area contributed by atoms with Gasteiger partial charge in [0.05, 0.1) is 13.7 Å². The molecule has 35 heavy (non-hydrogen) atoms. The van der Waals surface area contributed by atoms with Gasteiger partial charge in [-0.3, -0.25) is 4.90 Å². The quantitative estimate of drug-likeness (QED) is 0.502. The van der Waals surface area contributed by atoms with Gasteiger partial charge in [0, 0.05) is 35.1 Å². The second-order valence-corrected chi connectivity index (χ2v) is 10.4. The Morgan fingerprint density at radius 2 is 1.83 bits per heavy atom. The van der Waals surface area contributed by atoms with E-state index in [1.165, 1.54) is 23.1 Å². The summed E-state index contributed by atoms with van der Waals surface area (Å²) in [5, 5.41) is 3.98. The molecule has 1 spiro atoms. The lowest BCUT2D eigenvalue weighted by atomic mass is 9.59. The van der Waals surface area contributed by atoms with Gasteiger partial charge in [-0.15, -0.1) is 0 Å². The standard InChI is InChI=1S/C27H28ClF3N2O2/c1-35-24(34)26(32-21-7-4-6-20(28)14-21)11-9-25(10-12-26)22-8-3-2-5-18(22)13-23(25)19-15-33(16-19)17-27(29,30)31/h2-8,13-14,19,32H,9-12,15-17H2,1H3. The van der Waals surface area contributed by atoms with E-state index >= 15 is 0 Å². The van der Waals surface area contributed by atoms with Crippen molar-refractivity contribution in [3.63, 3.8) is 0 Å². The molecule has 0 atom stereocenters. The number of methoxy groups -OCH3 is 1. The fourth-order valence-electron chi connectivity index (χ4n) is 6.26. The third-order valence-electron chi connectivity index (χ3n) is 7.88. The Morgan fingerprint density at radius 3 is 2.49 bits per heavy atom. The zero-order valence-corrected chi connectivity index (χ0v) is 20.3. The highest BCUT2D eigenvalue weighted by Gasteiger charge is 2.54. The van der Waals surface area contributed by atoms with Crippen molar-refractivity contribution in [1.29, 1.82) is 0 Å². The van der Waals surface area contributed by atoms with Crippen LogP contribution in [0.5, 0.6) is 0 Å². The molecule has 0 amide bonds. The minimum Gasteiger partial charge on any atom is -0.467 e. The molecule has 0 radical (unpaired) electrons. The van der Waals surface area contributed by atoms with Crippen molar-refractivity contribution in [2.24, 2.45) is 5.92 Å². The zero-order chi connectivity index (χ0) is 24.8. The zero-order valence-electron chi connectivity index (χ0n) is 19.5. The van der Waals surface area contributed by atoms with Gasteiger partial charge in [-0.05, 0) is 55.0 Å². The van der Waals surface area contributed by atoms with Crippen LogP contribution in [0.3, 0.4) is 0 Å². The van der Waals surface area contributed by atoms with Crippen LogP contribution in [0.15, 0.2) is 54.1 Å². The second-order valence-electron chi connectivity index (χ2n) is 9.98. The monoisotopic (exact) mass is 504 g/mol. The van der Waals surface area contributed by atoms with E-state index in [1.807, 2.05) is 24.3 Å². The third-order valence-corrected chi connectivity index (χ3v) is 8.12. The lowest BCUT2D eigenvalue weighted by Gasteiger charge is -2.50. The van der Waals surface area contributed by atoms with Crippen molar-refractivity contribution in [1.82, 2.24) is 4.90 Å². The largest absolute Gasteiger partial charge is 0.467 e. The Bertz CT molecular complexity index is 1150. The molecule has 2 fully saturated rings. The molecule has 1 N–H and O–H groups in total. The van der Waals surface area contributed by atoms with Crippen LogP contribution < -0.4 is 5.32 Å². The second kappa shape index (κ2) is 8.86. The molecule has 2 aliphatic carbocycles. The number of ether oxygens (including phenoxy) is 1. The Morgan fingerprint density at radius 1 is 1.11 bits per heavy atom. The topological polar surface area (TPSA) is 41.6 Å². The van der Waals surface area contributed by atoms with Crippen LogP contribution in [0.4, 0.5) is 18.9 Å². The van der Waals surface area contributed by atoms with E-state index in [9.17, 15) is 18.0 Å². The van der Waals surface area contributed by atoms with Crippen LogP contribution in [0.1, 0.15) is 36.8 Å². The third kappa shape index (κ3) is 4.45. The average Bonchev–Trinajstić information content (AvgIpc) is 3.10. The van der Waals surface area contributed by atoms with Crippen LogP contribution >= 0.6 is 11.6 Å². The molecule has 4 nitrogen and oxygen atoms in total. The predicted molar refractivity (Wildman–Crippen MR) is 130 cm³/mol. The van der Waals surface area contributed by atoms with Crippen LogP contribution in [0.25, 0.3) is 6.08 Å². The van der Waals surface area contributed by atoms with E-state index in [-0.39, 0.29) is 17.3 Å². The van der Waals surface area contributed by atoms with Gasteiger partial charge in [-0.1, -0.05) is 53.6 Å². The van der Waals surface area contributed by atoms with Crippen LogP contribution in [-0.2, 0) is 14.9 Å². The van der Waals surface area contributed by atoms with E-state index in [2.05, 4.69) is 23.5 Å². The number of alkyl halides is 3. The maximum absolute atomic E-state index is 13.0. The van der Waals surface area contributed by atoms with Gasteiger partial charge in [0.25, 0.3) is 0 Å². The Labute approximate surface area is 208 Å². The lowest BCUT2D eigenvalue weighted by molar-refractivity contribution is -0.157. The molecule has 2 aromatic carbocycles. The van der Waals surface area contributed by atoms with Crippen molar-refractivity contribution in [2.75, 3.05) is 32.1 Å². The van der Waals surface area contributed by atoms with Gasteiger partial charge in [0.2, 0.25) is 0 Å². The molecule has 0 bridgehead atoms. The van der Waals surface area contributed by atoms with Crippen molar-refractivity contribution in [3.05, 3.63) is 70.3 Å². The summed E-state index contributed by atoms with van der Waals surface area (Å²) < 4.78 is 43.9. The Kier molecular flexibility index (Phi) is 6.12. The minimum atomic E-state index is -4.19. The first kappa shape index (κ1) is 24.2. The highest BCUT2D eigenvalue weighted by Crippen LogP contribution is 2.56. The molecule has 5 rings (SSSR count). The molecule has 0 unspecified atom stereocenters. The van der Waals surface area contributed by atoms with E-state index < -0.39 is 18.3 Å². The highest BCUT2D eigenvalue weighted by atomic mass is 35.5. The van der Waals surface area contributed by atoms with Gasteiger partial charge in [0.15, 0.2) is 0 Å². The number of fused-ring (bicyclic) bond motifs is 2. The van der Waals surface area contributed by atoms with E-state index in [4.69, 9.17) is 16.3 Å². The summed E-state index contributed by atoms with van der Waals surface area (Å²) >= 11 is 6.17. The van der Waals surface area contributed by atoms with E-state index in [1.54, 1.807) is 12.1 Å². The summed E-state index contributed by atoms with van der Waals surface area (Å²) in [6.07, 6.45) is 0.476. The van der Waals surface area contributed by atoms with Crippen molar-refractivity contribution in [2.45, 2.75) is 42.8 Å². The van der Waals surface area contributed by atoms with E-state index in [0.717, 1.165) is 11.3 Å². The molecule has 0 aromatic heterocycles. The summed E-state index contributed by atoms with van der Waals surface area (Å²) in [5.41, 5.74) is 3.13. The molecular formula is C27H28ClF3N2O2. The number of carbonyl (C=O) groups is 1. The van der Waals surface area contributed by atoms with Gasteiger partial charge in [-0.25, -0.2) is 4.79 Å². The number of carbonyl (C=O) groups excluding carboxylic acids is 1. The van der Waals surface area contributed by atoms with Crippen molar-refractivity contribution >= 4 is 29.3 Å². The predicted octanol–water partition coefficient (Wildman–Crippen LogP) is 6.07. The van der Waals surface area contributed by atoms with Gasteiger partial charge < -0.3 is 10.1 Å². The maximum atomic E-state index is 13.0. The molecule has 3 aliphatic rings. The fraction of sp³-hybridized carbons (Fsp3) is 0.444. The molecule has 186 valence electrons. The molecule has 1 heterocycles. The first-order valence-electron chi connectivity index (χ1n) is 11.9. The van der Waals surface area contributed by atoms with Gasteiger partial charge >= 0.3 is 12.1 Å². The molecular weight excluding hydrogens is 477 g/mol. The minimum absolute atomic E-state index is 0.0799. The highest BCUT2D eigenvalue weighted by molar-refractivity contribution is 6.30. The summed E-state index contributed by atoms with van der Waals surface area (Å²) in [5.74, 6) is -0.236. The number of rotatable bonds is 5. The van der Waals surface area contributed by atoms with Gasteiger partial charge in [0.1, 0.15) is 5.54 Å². The van der Waals surface area contributed by atoms with Crippen molar-refractivity contribution in [3.8, 4) is 0 Å². The summed E-state index contributed by atoms with van der Waals surface area (Å²) in [7, 11) is 1.40. The fourth-order valence-corrected chi connectivity index (χ4v) is 6.45. The van der Waals surface area contributed by atoms with Crippen LogP contribution in [0.2, 0.25) is 5.02 Å².